The topological polar surface area (TPSA) is 47.1 Å². The summed E-state index contributed by atoms with van der Waals surface area (Å²) in [5.74, 6) is -0.709. The van der Waals surface area contributed by atoms with Crippen LogP contribution in [0.3, 0.4) is 0 Å². The largest absolute Gasteiger partial charge is 0.389 e. The van der Waals surface area contributed by atoms with Gasteiger partial charge in [0.25, 0.3) is 0 Å². The molecule has 0 radical (unpaired) electrons. The molecule has 4 nitrogen and oxygen atoms in total. The molecule has 0 amide bonds. The number of imidazole rings is 1. The van der Waals surface area contributed by atoms with Crippen LogP contribution in [0.2, 0.25) is 0 Å². The van der Waals surface area contributed by atoms with Crippen molar-refractivity contribution in [3.8, 4) is 0 Å². The van der Waals surface area contributed by atoms with E-state index in [1.54, 1.807) is 24.0 Å². The maximum absolute atomic E-state index is 14.0. The van der Waals surface area contributed by atoms with Crippen LogP contribution in [-0.4, -0.2) is 21.6 Å². The van der Waals surface area contributed by atoms with E-state index < -0.39 is 11.6 Å². The number of aromatic nitrogens is 2. The summed E-state index contributed by atoms with van der Waals surface area (Å²) in [7, 11) is 3.41. The van der Waals surface area contributed by atoms with Gasteiger partial charge in [-0.05, 0) is 12.1 Å². The van der Waals surface area contributed by atoms with Crippen molar-refractivity contribution in [3.63, 3.8) is 0 Å². The molecule has 7 heteroatoms. The first-order valence-electron chi connectivity index (χ1n) is 5.86. The molecule has 0 aliphatic carbocycles. The zero-order valence-electron chi connectivity index (χ0n) is 11.1. The maximum atomic E-state index is 14.0. The van der Waals surface area contributed by atoms with Gasteiger partial charge < -0.3 is 15.2 Å². The molecule has 0 unspecified atom stereocenters. The molecule has 106 valence electrons. The first-order valence-corrected chi connectivity index (χ1v) is 6.27. The van der Waals surface area contributed by atoms with Gasteiger partial charge >= 0.3 is 0 Å². The number of hydrogen-bond acceptors (Lipinski definition) is 3. The van der Waals surface area contributed by atoms with E-state index in [4.69, 9.17) is 18.0 Å². The fourth-order valence-electron chi connectivity index (χ4n) is 1.91. The number of halogens is 2. The lowest BCUT2D eigenvalue weighted by Gasteiger charge is -2.20. The Balaban J connectivity index is 2.33. The minimum absolute atomic E-state index is 0.0406. The third kappa shape index (κ3) is 2.77. The van der Waals surface area contributed by atoms with Crippen molar-refractivity contribution in [2.75, 3.05) is 11.9 Å². The van der Waals surface area contributed by atoms with Gasteiger partial charge in [0.05, 0.1) is 6.54 Å². The Morgan fingerprint density at radius 3 is 2.45 bits per heavy atom. The number of anilines is 1. The molecule has 1 aromatic heterocycles. The van der Waals surface area contributed by atoms with Crippen LogP contribution in [0.4, 0.5) is 14.5 Å². The quantitative estimate of drug-likeness (QED) is 0.876. The van der Waals surface area contributed by atoms with Gasteiger partial charge in [-0.3, -0.25) is 0 Å². The molecular formula is C13H14F2N4S. The number of nitrogens with zero attached hydrogens (tertiary/aromatic N) is 3. The molecule has 0 fully saturated rings. The summed E-state index contributed by atoms with van der Waals surface area (Å²) in [4.78, 5) is 5.54. The summed E-state index contributed by atoms with van der Waals surface area (Å²) in [5.41, 5.74) is 5.42. The van der Waals surface area contributed by atoms with Gasteiger partial charge in [-0.1, -0.05) is 12.2 Å². The van der Waals surface area contributed by atoms with E-state index in [9.17, 15) is 8.78 Å². The third-order valence-electron chi connectivity index (χ3n) is 2.98. The van der Waals surface area contributed by atoms with E-state index in [1.807, 2.05) is 7.05 Å². The highest BCUT2D eigenvalue weighted by molar-refractivity contribution is 7.80. The van der Waals surface area contributed by atoms with Crippen LogP contribution in [0.1, 0.15) is 11.4 Å². The van der Waals surface area contributed by atoms with Gasteiger partial charge in [-0.15, -0.1) is 0 Å². The molecule has 0 aliphatic rings. The molecular weight excluding hydrogens is 282 g/mol. The Morgan fingerprint density at radius 2 is 2.00 bits per heavy atom. The number of hydrogen-bond donors (Lipinski definition) is 1. The first kappa shape index (κ1) is 14.4. The van der Waals surface area contributed by atoms with Crippen LogP contribution >= 0.6 is 12.2 Å². The summed E-state index contributed by atoms with van der Waals surface area (Å²) >= 11 is 4.72. The van der Waals surface area contributed by atoms with Crippen molar-refractivity contribution < 1.29 is 8.78 Å². The van der Waals surface area contributed by atoms with E-state index in [1.165, 1.54) is 4.90 Å². The van der Waals surface area contributed by atoms with Gasteiger partial charge in [0.1, 0.15) is 28.1 Å². The summed E-state index contributed by atoms with van der Waals surface area (Å²) in [6, 6.07) is 2.27. The van der Waals surface area contributed by atoms with Crippen LogP contribution in [0, 0.1) is 11.6 Å². The molecule has 2 rings (SSSR count). The van der Waals surface area contributed by atoms with E-state index in [0.29, 0.717) is 5.82 Å². The minimum Gasteiger partial charge on any atom is -0.389 e. The normalized spacial score (nSPS) is 10.6. The fraction of sp³-hybridized carbons (Fsp3) is 0.231. The summed E-state index contributed by atoms with van der Waals surface area (Å²) in [5, 5.41) is 0. The Hall–Kier alpha value is -2.02. The molecule has 0 bridgehead atoms. The maximum Gasteiger partial charge on any atom is 0.150 e. The second-order valence-electron chi connectivity index (χ2n) is 4.46. The van der Waals surface area contributed by atoms with Gasteiger partial charge in [0, 0.05) is 32.1 Å². The highest BCUT2D eigenvalue weighted by Gasteiger charge is 2.17. The zero-order valence-corrected chi connectivity index (χ0v) is 11.9. The highest BCUT2D eigenvalue weighted by atomic mass is 32.1. The lowest BCUT2D eigenvalue weighted by molar-refractivity contribution is 0.573. The van der Waals surface area contributed by atoms with Gasteiger partial charge in [0.2, 0.25) is 0 Å². The van der Waals surface area contributed by atoms with E-state index in [2.05, 4.69) is 4.98 Å². The number of nitrogens with two attached hydrogens (primary N) is 1. The number of benzene rings is 1. The van der Waals surface area contributed by atoms with Gasteiger partial charge in [-0.25, -0.2) is 13.8 Å². The number of aryl methyl sites for hydroxylation is 1. The lowest BCUT2D eigenvalue weighted by Crippen LogP contribution is -2.22. The Labute approximate surface area is 120 Å². The Morgan fingerprint density at radius 1 is 1.40 bits per heavy atom. The predicted molar refractivity (Wildman–Crippen MR) is 77.6 cm³/mol. The van der Waals surface area contributed by atoms with Crippen LogP contribution < -0.4 is 10.6 Å². The van der Waals surface area contributed by atoms with Crippen LogP contribution in [0.25, 0.3) is 0 Å². The van der Waals surface area contributed by atoms with Crippen molar-refractivity contribution in [1.29, 1.82) is 0 Å². The summed E-state index contributed by atoms with van der Waals surface area (Å²) in [6.07, 6.45) is 3.40. The lowest BCUT2D eigenvalue weighted by atomic mass is 10.1. The van der Waals surface area contributed by atoms with Crippen LogP contribution in [0.15, 0.2) is 24.5 Å². The molecule has 0 aliphatic heterocycles. The van der Waals surface area contributed by atoms with Crippen LogP contribution in [-0.2, 0) is 13.6 Å². The molecule has 0 saturated heterocycles. The van der Waals surface area contributed by atoms with Crippen molar-refractivity contribution in [1.82, 2.24) is 9.55 Å². The number of thiocarbonyl (C=S) groups is 1. The second kappa shape index (κ2) is 5.54. The molecule has 0 spiro atoms. The van der Waals surface area contributed by atoms with Gasteiger partial charge in [0.15, 0.2) is 0 Å². The number of rotatable bonds is 4. The molecule has 2 N–H and O–H groups in total. The van der Waals surface area contributed by atoms with Gasteiger partial charge in [-0.2, -0.15) is 0 Å². The molecule has 1 heterocycles. The molecule has 0 saturated carbocycles. The SMILES string of the molecule is CN(Cc1nccn1C)c1c(F)cc(C(N)=S)cc1F. The van der Waals surface area contributed by atoms with Crippen LogP contribution in [0.5, 0.6) is 0 Å². The van der Waals surface area contributed by atoms with Crippen molar-refractivity contribution in [2.24, 2.45) is 12.8 Å². The van der Waals surface area contributed by atoms with Crippen molar-refractivity contribution >= 4 is 22.9 Å². The van der Waals surface area contributed by atoms with Crippen molar-refractivity contribution in [2.45, 2.75) is 6.54 Å². The highest BCUT2D eigenvalue weighted by Crippen LogP contribution is 2.25. The van der Waals surface area contributed by atoms with E-state index in [-0.39, 0.29) is 22.8 Å². The fourth-order valence-corrected chi connectivity index (χ4v) is 2.03. The summed E-state index contributed by atoms with van der Waals surface area (Å²) < 4.78 is 29.8. The average molecular weight is 296 g/mol. The van der Waals surface area contributed by atoms with E-state index >= 15 is 0 Å². The third-order valence-corrected chi connectivity index (χ3v) is 3.22. The molecule has 1 aromatic carbocycles. The monoisotopic (exact) mass is 296 g/mol. The smallest absolute Gasteiger partial charge is 0.150 e. The summed E-state index contributed by atoms with van der Waals surface area (Å²) in [6.45, 7) is 0.282. The van der Waals surface area contributed by atoms with E-state index in [0.717, 1.165) is 12.1 Å². The predicted octanol–water partition coefficient (Wildman–Crippen LogP) is 1.97. The standard InChI is InChI=1S/C13H14F2N4S/c1-18-4-3-17-11(18)7-19(2)12-9(14)5-8(13(16)20)6-10(12)15/h3-6H,7H2,1-2H3,(H2,16,20). The average Bonchev–Trinajstić information content (AvgIpc) is 2.74. The second-order valence-corrected chi connectivity index (χ2v) is 4.90. The Bertz CT molecular complexity index is 631. The zero-order chi connectivity index (χ0) is 14.9. The van der Waals surface area contributed by atoms with Crippen molar-refractivity contribution in [3.05, 3.63) is 47.5 Å². The first-order chi connectivity index (χ1) is 9.40. The Kier molecular flexibility index (Phi) is 3.99. The molecule has 2 aromatic rings. The molecule has 0 atom stereocenters. The minimum atomic E-state index is -0.704. The molecule has 20 heavy (non-hydrogen) atoms.